The maximum absolute atomic E-state index is 12.2. The van der Waals surface area contributed by atoms with Crippen molar-refractivity contribution in [1.82, 2.24) is 14.5 Å². The van der Waals surface area contributed by atoms with Crippen LogP contribution in [0.3, 0.4) is 0 Å². The van der Waals surface area contributed by atoms with E-state index < -0.39 is 5.60 Å². The average molecular weight is 471 g/mol. The number of benzene rings is 1. The molecule has 2 heterocycles. The van der Waals surface area contributed by atoms with Gasteiger partial charge in [0.05, 0.1) is 18.1 Å². The summed E-state index contributed by atoms with van der Waals surface area (Å²) >= 11 is 2.35. The number of hydrogen-bond donors (Lipinski definition) is 0. The lowest BCUT2D eigenvalue weighted by Gasteiger charge is -2.30. The molecule has 1 aromatic heterocycles. The van der Waals surface area contributed by atoms with Crippen molar-refractivity contribution in [1.29, 1.82) is 0 Å². The summed E-state index contributed by atoms with van der Waals surface area (Å²) < 4.78 is 7.50. The first kappa shape index (κ1) is 18.6. The number of aromatic nitrogens is 2. The number of hydrogen-bond acceptors (Lipinski definition) is 3. The largest absolute Gasteiger partial charge is 0.444 e. The fraction of sp³-hybridized carbons (Fsp3) is 0.444. The third kappa shape index (κ3) is 4.17. The number of aryl methyl sites for hydroxylation is 1. The van der Waals surface area contributed by atoms with Crippen LogP contribution in [0.2, 0.25) is 0 Å². The molecule has 0 fully saturated rings. The molecule has 0 N–H and O–H groups in total. The number of amides is 1. The molecule has 0 spiro atoms. The maximum atomic E-state index is 12.2. The van der Waals surface area contributed by atoms with E-state index in [1.807, 2.05) is 31.4 Å². The van der Waals surface area contributed by atoms with Gasteiger partial charge in [-0.15, -0.1) is 0 Å². The fourth-order valence-corrected chi connectivity index (χ4v) is 4.55. The van der Waals surface area contributed by atoms with E-state index in [0.29, 0.717) is 19.5 Å². The van der Waals surface area contributed by atoms with Crippen LogP contribution in [0.1, 0.15) is 38.3 Å². The van der Waals surface area contributed by atoms with E-state index in [0.717, 1.165) is 6.42 Å². The van der Waals surface area contributed by atoms with Gasteiger partial charge in [-0.25, -0.2) is 9.25 Å². The summed E-state index contributed by atoms with van der Waals surface area (Å²) in [7, 11) is 0. The highest BCUT2D eigenvalue weighted by molar-refractivity contribution is 14.2. The van der Waals surface area contributed by atoms with Crippen molar-refractivity contribution in [3.8, 4) is 0 Å². The van der Waals surface area contributed by atoms with Crippen LogP contribution in [-0.2, 0) is 4.74 Å². The molecular weight excluding hydrogens is 448 g/mol. The van der Waals surface area contributed by atoms with Crippen LogP contribution in [0, 0.1) is 6.92 Å². The Morgan fingerprint density at radius 1 is 1.36 bits per heavy atom. The molecule has 25 heavy (non-hydrogen) atoms. The number of carbonyl (C=O) groups is 1. The van der Waals surface area contributed by atoms with E-state index in [9.17, 15) is 4.79 Å². The SMILES string of the molecule is Cc1cc2cnn(PI)c2cc1C1=CCN(C(=O)OC(C)(C)C)CC1. The number of fused-ring (bicyclic) bond motifs is 1. The Balaban J connectivity index is 1.83. The fourth-order valence-electron chi connectivity index (χ4n) is 3.01. The molecule has 1 amide bonds. The van der Waals surface area contributed by atoms with Gasteiger partial charge in [0, 0.05) is 18.5 Å². The number of carbonyl (C=O) groups excluding carboxylic acids is 1. The third-order valence-corrected chi connectivity index (χ3v) is 6.09. The number of nitrogens with zero attached hydrogens (tertiary/aromatic N) is 3. The minimum absolute atomic E-state index is 0.237. The Morgan fingerprint density at radius 3 is 2.72 bits per heavy atom. The summed E-state index contributed by atoms with van der Waals surface area (Å²) in [4.78, 5) is 14.0. The predicted molar refractivity (Wildman–Crippen MR) is 113 cm³/mol. The molecule has 1 aliphatic rings. The highest BCUT2D eigenvalue weighted by Gasteiger charge is 2.24. The van der Waals surface area contributed by atoms with Gasteiger partial charge in [0.2, 0.25) is 0 Å². The molecule has 2 aromatic rings. The van der Waals surface area contributed by atoms with Crippen LogP contribution in [0.25, 0.3) is 16.5 Å². The minimum Gasteiger partial charge on any atom is -0.444 e. The number of rotatable bonds is 2. The topological polar surface area (TPSA) is 47.4 Å². The molecule has 1 atom stereocenters. The molecule has 3 rings (SSSR count). The monoisotopic (exact) mass is 471 g/mol. The average Bonchev–Trinajstić information content (AvgIpc) is 2.94. The zero-order chi connectivity index (χ0) is 18.2. The Labute approximate surface area is 163 Å². The first-order chi connectivity index (χ1) is 11.8. The molecule has 134 valence electrons. The van der Waals surface area contributed by atoms with Crippen molar-refractivity contribution >= 4 is 51.0 Å². The van der Waals surface area contributed by atoms with Gasteiger partial charge >= 0.3 is 6.09 Å². The molecule has 0 saturated heterocycles. The Hall–Kier alpha value is -1.14. The molecule has 5 nitrogen and oxygen atoms in total. The lowest BCUT2D eigenvalue weighted by Crippen LogP contribution is -2.39. The molecule has 0 bridgehead atoms. The smallest absolute Gasteiger partial charge is 0.410 e. The maximum Gasteiger partial charge on any atom is 0.410 e. The first-order valence-electron chi connectivity index (χ1n) is 8.31. The molecule has 1 unspecified atom stereocenters. The Bertz CT molecular complexity index is 839. The quantitative estimate of drug-likeness (QED) is 0.449. The molecule has 0 saturated carbocycles. The van der Waals surface area contributed by atoms with Crippen LogP contribution in [0.15, 0.2) is 24.4 Å². The number of halogens is 1. The molecule has 1 aliphatic heterocycles. The van der Waals surface area contributed by atoms with Crippen LogP contribution in [-0.4, -0.2) is 39.2 Å². The lowest BCUT2D eigenvalue weighted by atomic mass is 9.94. The number of ether oxygens (including phenoxy) is 1. The summed E-state index contributed by atoms with van der Waals surface area (Å²) in [5.41, 5.74) is 4.52. The first-order valence-corrected chi connectivity index (χ1v) is 12.4. The third-order valence-electron chi connectivity index (χ3n) is 4.20. The highest BCUT2D eigenvalue weighted by atomic mass is 127. The van der Waals surface area contributed by atoms with E-state index in [1.54, 1.807) is 4.90 Å². The van der Waals surface area contributed by atoms with Crippen LogP contribution in [0.5, 0.6) is 0 Å². The van der Waals surface area contributed by atoms with E-state index >= 15 is 0 Å². The standard InChI is InChI=1S/C18H23IN3O2P/c1-12-9-14-11-20-22(25-19)16(14)10-15(12)13-5-7-21(8-6-13)17(23)24-18(2,3)4/h5,9-11,25H,6-8H2,1-4H3. The Kier molecular flexibility index (Phi) is 5.40. The minimum atomic E-state index is -0.457. The van der Waals surface area contributed by atoms with Crippen molar-refractivity contribution in [2.24, 2.45) is 0 Å². The van der Waals surface area contributed by atoms with Gasteiger partial charge in [-0.3, -0.25) is 0 Å². The zero-order valence-corrected chi connectivity index (χ0v) is 18.1. The van der Waals surface area contributed by atoms with E-state index in [1.165, 1.54) is 27.6 Å². The Morgan fingerprint density at radius 2 is 2.12 bits per heavy atom. The second-order valence-corrected chi connectivity index (χ2v) is 9.31. The second-order valence-electron chi connectivity index (χ2n) is 7.27. The summed E-state index contributed by atoms with van der Waals surface area (Å²) in [5.74, 6) is 0. The highest BCUT2D eigenvalue weighted by Crippen LogP contribution is 2.33. The molecule has 7 heteroatoms. The van der Waals surface area contributed by atoms with Crippen molar-refractivity contribution < 1.29 is 9.53 Å². The van der Waals surface area contributed by atoms with Gasteiger partial charge in [0.15, 0.2) is 0 Å². The lowest BCUT2D eigenvalue weighted by molar-refractivity contribution is 0.0270. The summed E-state index contributed by atoms with van der Waals surface area (Å²) in [6.45, 7) is 9.10. The summed E-state index contributed by atoms with van der Waals surface area (Å²) in [6.07, 6.45) is 5.26. The van der Waals surface area contributed by atoms with Crippen LogP contribution < -0.4 is 0 Å². The van der Waals surface area contributed by atoms with Crippen molar-refractivity contribution in [3.63, 3.8) is 0 Å². The van der Waals surface area contributed by atoms with Gasteiger partial charge in [-0.05, 0) is 85.0 Å². The second kappa shape index (κ2) is 7.23. The van der Waals surface area contributed by atoms with Crippen molar-refractivity contribution in [3.05, 3.63) is 35.5 Å². The van der Waals surface area contributed by atoms with Crippen LogP contribution >= 0.6 is 28.4 Å². The van der Waals surface area contributed by atoms with E-state index in [-0.39, 0.29) is 6.09 Å². The summed E-state index contributed by atoms with van der Waals surface area (Å²) in [5, 5.41) is 5.62. The molecule has 0 radical (unpaired) electrons. The molecule has 1 aromatic carbocycles. The van der Waals surface area contributed by atoms with Crippen molar-refractivity contribution in [2.45, 2.75) is 39.7 Å². The van der Waals surface area contributed by atoms with Gasteiger partial charge in [-0.1, -0.05) is 6.08 Å². The molecular formula is C18H23IN3O2P. The normalized spacial score (nSPS) is 15.9. The molecule has 0 aliphatic carbocycles. The van der Waals surface area contributed by atoms with Crippen LogP contribution in [0.4, 0.5) is 4.79 Å². The van der Waals surface area contributed by atoms with E-state index in [2.05, 4.69) is 52.3 Å². The van der Waals surface area contributed by atoms with Gasteiger partial charge in [0.25, 0.3) is 0 Å². The van der Waals surface area contributed by atoms with Gasteiger partial charge in [-0.2, -0.15) is 5.10 Å². The zero-order valence-electron chi connectivity index (χ0n) is 15.0. The van der Waals surface area contributed by atoms with Gasteiger partial charge < -0.3 is 9.64 Å². The van der Waals surface area contributed by atoms with Gasteiger partial charge in [0.1, 0.15) is 5.60 Å². The predicted octanol–water partition coefficient (Wildman–Crippen LogP) is 5.16. The van der Waals surface area contributed by atoms with E-state index in [4.69, 9.17) is 4.74 Å². The summed E-state index contributed by atoms with van der Waals surface area (Å²) in [6, 6.07) is 4.43. The van der Waals surface area contributed by atoms with Crippen molar-refractivity contribution in [2.75, 3.05) is 13.1 Å².